The molecule has 0 amide bonds. The summed E-state index contributed by atoms with van der Waals surface area (Å²) in [4.78, 5) is 8.54. The molecule has 17 heavy (non-hydrogen) atoms. The lowest BCUT2D eigenvalue weighted by Gasteiger charge is -2.28. The first kappa shape index (κ1) is 14.8. The zero-order valence-corrected chi connectivity index (χ0v) is 13.2. The minimum Gasteiger partial charge on any atom is -0.314 e. The maximum atomic E-state index is 4.47. The number of hydrogen-bond donors (Lipinski definition) is 1. The maximum absolute atomic E-state index is 4.47. The SMILES string of the molecule is CCCNC(C)C(c1ncncc1I)C(C)C. The molecule has 0 bridgehead atoms. The van der Waals surface area contributed by atoms with Crippen molar-refractivity contribution in [2.75, 3.05) is 6.54 Å². The first-order valence-corrected chi connectivity index (χ1v) is 7.34. The Hall–Kier alpha value is -0.230. The van der Waals surface area contributed by atoms with Crippen LogP contribution >= 0.6 is 22.6 Å². The van der Waals surface area contributed by atoms with Crippen LogP contribution in [0.5, 0.6) is 0 Å². The van der Waals surface area contributed by atoms with Crippen LogP contribution in [0.3, 0.4) is 0 Å². The summed E-state index contributed by atoms with van der Waals surface area (Å²) in [7, 11) is 0. The minimum absolute atomic E-state index is 0.441. The summed E-state index contributed by atoms with van der Waals surface area (Å²) in [5, 5.41) is 3.58. The topological polar surface area (TPSA) is 37.8 Å². The fourth-order valence-electron chi connectivity index (χ4n) is 2.20. The van der Waals surface area contributed by atoms with Crippen LogP contribution < -0.4 is 5.32 Å². The molecule has 1 aromatic rings. The summed E-state index contributed by atoms with van der Waals surface area (Å²) < 4.78 is 1.16. The van der Waals surface area contributed by atoms with Crippen LogP contribution in [-0.4, -0.2) is 22.6 Å². The first-order chi connectivity index (χ1) is 8.07. The van der Waals surface area contributed by atoms with Crippen molar-refractivity contribution in [3.05, 3.63) is 21.8 Å². The highest BCUT2D eigenvalue weighted by Crippen LogP contribution is 2.29. The second-order valence-electron chi connectivity index (χ2n) is 4.77. The molecule has 1 heterocycles. The molecule has 0 aliphatic heterocycles. The van der Waals surface area contributed by atoms with Gasteiger partial charge in [0.05, 0.1) is 9.26 Å². The van der Waals surface area contributed by atoms with Crippen molar-refractivity contribution >= 4 is 22.6 Å². The lowest BCUT2D eigenvalue weighted by molar-refractivity contribution is 0.369. The predicted molar refractivity (Wildman–Crippen MR) is 80.1 cm³/mol. The molecule has 2 atom stereocenters. The molecule has 0 aliphatic carbocycles. The summed E-state index contributed by atoms with van der Waals surface area (Å²) in [6, 6.07) is 0.443. The van der Waals surface area contributed by atoms with Crippen molar-refractivity contribution < 1.29 is 0 Å². The predicted octanol–water partition coefficient (Wildman–Crippen LogP) is 3.21. The van der Waals surface area contributed by atoms with Gasteiger partial charge < -0.3 is 5.32 Å². The van der Waals surface area contributed by atoms with Crippen LogP contribution in [0.15, 0.2) is 12.5 Å². The van der Waals surface area contributed by atoms with Gasteiger partial charge in [0.2, 0.25) is 0 Å². The standard InChI is InChI=1S/C13H22IN3/c1-5-6-16-10(4)12(9(2)3)13-11(14)7-15-8-17-13/h7-10,12,16H,5-6H2,1-4H3. The van der Waals surface area contributed by atoms with Crippen LogP contribution in [0, 0.1) is 9.49 Å². The number of aromatic nitrogens is 2. The van der Waals surface area contributed by atoms with Gasteiger partial charge in [-0.3, -0.25) is 0 Å². The summed E-state index contributed by atoms with van der Waals surface area (Å²) in [6.45, 7) is 10.0. The summed E-state index contributed by atoms with van der Waals surface area (Å²) >= 11 is 2.33. The second-order valence-corrected chi connectivity index (χ2v) is 5.93. The number of halogens is 1. The third-order valence-corrected chi connectivity index (χ3v) is 3.82. The quantitative estimate of drug-likeness (QED) is 0.803. The smallest absolute Gasteiger partial charge is 0.115 e. The Balaban J connectivity index is 2.89. The molecule has 96 valence electrons. The van der Waals surface area contributed by atoms with E-state index in [1.807, 2.05) is 6.20 Å². The van der Waals surface area contributed by atoms with E-state index < -0.39 is 0 Å². The molecule has 2 unspecified atom stereocenters. The van der Waals surface area contributed by atoms with Gasteiger partial charge in [0.25, 0.3) is 0 Å². The van der Waals surface area contributed by atoms with E-state index in [9.17, 15) is 0 Å². The van der Waals surface area contributed by atoms with Crippen molar-refractivity contribution in [1.82, 2.24) is 15.3 Å². The number of nitrogens with one attached hydrogen (secondary N) is 1. The molecule has 0 fully saturated rings. The van der Waals surface area contributed by atoms with E-state index in [-0.39, 0.29) is 0 Å². The molecule has 0 aromatic carbocycles. The van der Waals surface area contributed by atoms with Gasteiger partial charge >= 0.3 is 0 Å². The van der Waals surface area contributed by atoms with Gasteiger partial charge in [0.15, 0.2) is 0 Å². The first-order valence-electron chi connectivity index (χ1n) is 6.26. The molecular formula is C13H22IN3. The maximum Gasteiger partial charge on any atom is 0.115 e. The van der Waals surface area contributed by atoms with E-state index in [1.165, 1.54) is 5.69 Å². The lowest BCUT2D eigenvalue weighted by atomic mass is 9.86. The highest BCUT2D eigenvalue weighted by Gasteiger charge is 2.25. The monoisotopic (exact) mass is 347 g/mol. The van der Waals surface area contributed by atoms with Crippen molar-refractivity contribution in [3.8, 4) is 0 Å². The van der Waals surface area contributed by atoms with Gasteiger partial charge in [-0.1, -0.05) is 20.8 Å². The molecular weight excluding hydrogens is 325 g/mol. The van der Waals surface area contributed by atoms with Crippen LogP contribution in [0.2, 0.25) is 0 Å². The van der Waals surface area contributed by atoms with Gasteiger partial charge in [-0.25, -0.2) is 9.97 Å². The van der Waals surface area contributed by atoms with E-state index in [0.717, 1.165) is 16.5 Å². The Labute approximate surface area is 118 Å². The average Bonchev–Trinajstić information content (AvgIpc) is 2.29. The van der Waals surface area contributed by atoms with Crippen molar-refractivity contribution in [2.45, 2.75) is 46.1 Å². The van der Waals surface area contributed by atoms with Gasteiger partial charge in [0, 0.05) is 18.2 Å². The van der Waals surface area contributed by atoms with Crippen molar-refractivity contribution in [1.29, 1.82) is 0 Å². The fraction of sp³-hybridized carbons (Fsp3) is 0.692. The Morgan fingerprint density at radius 1 is 1.35 bits per heavy atom. The van der Waals surface area contributed by atoms with E-state index in [2.05, 4.69) is 65.6 Å². The molecule has 0 aliphatic rings. The lowest BCUT2D eigenvalue weighted by Crippen LogP contribution is -2.36. The minimum atomic E-state index is 0.441. The van der Waals surface area contributed by atoms with E-state index in [1.54, 1.807) is 6.33 Å². The van der Waals surface area contributed by atoms with Gasteiger partial charge in [-0.15, -0.1) is 0 Å². The Morgan fingerprint density at radius 3 is 2.59 bits per heavy atom. The summed E-state index contributed by atoms with van der Waals surface area (Å²) in [6.07, 6.45) is 4.71. The van der Waals surface area contributed by atoms with Gasteiger partial charge in [-0.05, 0) is 48.4 Å². The van der Waals surface area contributed by atoms with Crippen LogP contribution in [0.1, 0.15) is 45.7 Å². The van der Waals surface area contributed by atoms with E-state index in [0.29, 0.717) is 17.9 Å². The molecule has 0 saturated heterocycles. The molecule has 0 saturated carbocycles. The summed E-state index contributed by atoms with van der Waals surface area (Å²) in [5.41, 5.74) is 1.17. The number of nitrogens with zero attached hydrogens (tertiary/aromatic N) is 2. The highest BCUT2D eigenvalue weighted by atomic mass is 127. The Morgan fingerprint density at radius 2 is 2.06 bits per heavy atom. The molecule has 3 nitrogen and oxygen atoms in total. The third-order valence-electron chi connectivity index (χ3n) is 2.99. The molecule has 0 radical (unpaired) electrons. The van der Waals surface area contributed by atoms with E-state index in [4.69, 9.17) is 0 Å². The average molecular weight is 347 g/mol. The normalized spacial score (nSPS) is 14.9. The third kappa shape index (κ3) is 4.17. The molecule has 4 heteroatoms. The van der Waals surface area contributed by atoms with Gasteiger partial charge in [-0.2, -0.15) is 0 Å². The van der Waals surface area contributed by atoms with Crippen molar-refractivity contribution in [3.63, 3.8) is 0 Å². The Bertz CT molecular complexity index is 341. The zero-order chi connectivity index (χ0) is 12.8. The highest BCUT2D eigenvalue weighted by molar-refractivity contribution is 14.1. The molecule has 0 spiro atoms. The van der Waals surface area contributed by atoms with Crippen LogP contribution in [0.25, 0.3) is 0 Å². The van der Waals surface area contributed by atoms with Crippen molar-refractivity contribution in [2.24, 2.45) is 5.92 Å². The second kappa shape index (κ2) is 7.26. The summed E-state index contributed by atoms with van der Waals surface area (Å²) in [5.74, 6) is 1.01. The zero-order valence-electron chi connectivity index (χ0n) is 11.1. The van der Waals surface area contributed by atoms with E-state index >= 15 is 0 Å². The largest absolute Gasteiger partial charge is 0.314 e. The molecule has 1 aromatic heterocycles. The fourth-order valence-corrected chi connectivity index (χ4v) is 2.86. The number of rotatable bonds is 6. The molecule has 1 N–H and O–H groups in total. The Kier molecular flexibility index (Phi) is 6.33. The van der Waals surface area contributed by atoms with Crippen LogP contribution in [0.4, 0.5) is 0 Å². The molecule has 1 rings (SSSR count). The van der Waals surface area contributed by atoms with Gasteiger partial charge in [0.1, 0.15) is 6.33 Å². The van der Waals surface area contributed by atoms with Crippen LogP contribution in [-0.2, 0) is 0 Å². The number of hydrogen-bond acceptors (Lipinski definition) is 3.